The standard InChI is InChI=1S/C9H6ClNO4S/c1-11-8-5-6(16(10,13)14)3-4-7(8)9(12)15-2/h3-5H,2H3. The van der Waals surface area contributed by atoms with E-state index in [1.165, 1.54) is 13.2 Å². The van der Waals surface area contributed by atoms with Crippen molar-refractivity contribution in [1.82, 2.24) is 0 Å². The first-order valence-electron chi connectivity index (χ1n) is 3.94. The van der Waals surface area contributed by atoms with E-state index in [1.54, 1.807) is 0 Å². The largest absolute Gasteiger partial charge is 0.466 e. The van der Waals surface area contributed by atoms with Crippen LogP contribution >= 0.6 is 10.7 Å². The first kappa shape index (κ1) is 12.5. The van der Waals surface area contributed by atoms with Crippen LogP contribution in [0.2, 0.25) is 0 Å². The molecule has 0 fully saturated rings. The van der Waals surface area contributed by atoms with E-state index in [-0.39, 0.29) is 16.1 Å². The fraction of sp³-hybridized carbons (Fsp3) is 0.111. The van der Waals surface area contributed by atoms with Crippen molar-refractivity contribution in [2.75, 3.05) is 7.11 Å². The Morgan fingerprint density at radius 3 is 2.56 bits per heavy atom. The van der Waals surface area contributed by atoms with Crippen LogP contribution in [-0.2, 0) is 13.8 Å². The zero-order chi connectivity index (χ0) is 12.3. The van der Waals surface area contributed by atoms with Crippen LogP contribution in [0.25, 0.3) is 4.85 Å². The number of rotatable bonds is 2. The van der Waals surface area contributed by atoms with Gasteiger partial charge in [-0.25, -0.2) is 18.1 Å². The van der Waals surface area contributed by atoms with Gasteiger partial charge in [0.25, 0.3) is 9.05 Å². The molecule has 0 aliphatic carbocycles. The molecule has 16 heavy (non-hydrogen) atoms. The Bertz CT molecular complexity index is 574. The van der Waals surface area contributed by atoms with Crippen LogP contribution in [-0.4, -0.2) is 21.5 Å². The van der Waals surface area contributed by atoms with E-state index in [9.17, 15) is 13.2 Å². The van der Waals surface area contributed by atoms with Crippen molar-refractivity contribution < 1.29 is 17.9 Å². The van der Waals surface area contributed by atoms with E-state index in [0.29, 0.717) is 0 Å². The molecular formula is C9H6ClNO4S. The van der Waals surface area contributed by atoms with Gasteiger partial charge in [-0.15, -0.1) is 0 Å². The minimum atomic E-state index is -3.91. The Balaban J connectivity index is 3.41. The molecule has 0 saturated heterocycles. The van der Waals surface area contributed by atoms with Crippen LogP contribution in [0.4, 0.5) is 5.69 Å². The lowest BCUT2D eigenvalue weighted by atomic mass is 10.2. The molecule has 5 nitrogen and oxygen atoms in total. The second kappa shape index (κ2) is 4.51. The zero-order valence-electron chi connectivity index (χ0n) is 8.10. The molecule has 0 bridgehead atoms. The molecule has 7 heteroatoms. The van der Waals surface area contributed by atoms with Gasteiger partial charge in [-0.2, -0.15) is 0 Å². The van der Waals surface area contributed by atoms with E-state index >= 15 is 0 Å². The van der Waals surface area contributed by atoms with Gasteiger partial charge in [-0.3, -0.25) is 0 Å². The highest BCUT2D eigenvalue weighted by Crippen LogP contribution is 2.26. The smallest absolute Gasteiger partial charge is 0.327 e. The van der Waals surface area contributed by atoms with Crippen molar-refractivity contribution in [3.63, 3.8) is 0 Å². The van der Waals surface area contributed by atoms with Crippen molar-refractivity contribution in [1.29, 1.82) is 0 Å². The third-order valence-corrected chi connectivity index (χ3v) is 3.13. The number of hydrogen-bond donors (Lipinski definition) is 0. The summed E-state index contributed by atoms with van der Waals surface area (Å²) in [4.78, 5) is 14.0. The Hall–Kier alpha value is -1.58. The number of esters is 1. The second-order valence-corrected chi connectivity index (χ2v) is 5.29. The van der Waals surface area contributed by atoms with Crippen LogP contribution in [0, 0.1) is 6.57 Å². The molecule has 0 N–H and O–H groups in total. The van der Waals surface area contributed by atoms with Gasteiger partial charge in [-0.05, 0) is 12.1 Å². The van der Waals surface area contributed by atoms with E-state index in [4.69, 9.17) is 17.3 Å². The quantitative estimate of drug-likeness (QED) is 0.463. The van der Waals surface area contributed by atoms with Crippen LogP contribution in [0.15, 0.2) is 23.1 Å². The Kier molecular flexibility index (Phi) is 3.52. The molecule has 1 rings (SSSR count). The van der Waals surface area contributed by atoms with Gasteiger partial charge in [0.1, 0.15) is 0 Å². The maximum atomic E-state index is 11.2. The molecule has 0 saturated carbocycles. The van der Waals surface area contributed by atoms with Crippen LogP contribution in [0.1, 0.15) is 10.4 Å². The fourth-order valence-corrected chi connectivity index (χ4v) is 1.81. The molecular weight excluding hydrogens is 254 g/mol. The van der Waals surface area contributed by atoms with Gasteiger partial charge in [0, 0.05) is 10.7 Å². The molecule has 0 aliphatic heterocycles. The molecule has 0 aromatic heterocycles. The Morgan fingerprint density at radius 1 is 1.50 bits per heavy atom. The SMILES string of the molecule is [C-]#[N+]c1cc(S(=O)(=O)Cl)ccc1C(=O)OC. The van der Waals surface area contributed by atoms with E-state index in [2.05, 4.69) is 9.58 Å². The van der Waals surface area contributed by atoms with Gasteiger partial charge in [0.15, 0.2) is 0 Å². The van der Waals surface area contributed by atoms with Crippen molar-refractivity contribution in [2.24, 2.45) is 0 Å². The minimum absolute atomic E-state index is 0.00145. The molecule has 1 aromatic rings. The lowest BCUT2D eigenvalue weighted by Crippen LogP contribution is -2.02. The van der Waals surface area contributed by atoms with Gasteiger partial charge in [-0.1, -0.05) is 6.07 Å². The normalized spacial score (nSPS) is 10.6. The molecule has 0 atom stereocenters. The van der Waals surface area contributed by atoms with Gasteiger partial charge in [0.05, 0.1) is 24.1 Å². The third-order valence-electron chi connectivity index (χ3n) is 1.78. The molecule has 0 radical (unpaired) electrons. The van der Waals surface area contributed by atoms with E-state index < -0.39 is 15.0 Å². The lowest BCUT2D eigenvalue weighted by Gasteiger charge is -2.03. The highest BCUT2D eigenvalue weighted by Gasteiger charge is 2.16. The van der Waals surface area contributed by atoms with Crippen molar-refractivity contribution in [3.05, 3.63) is 35.2 Å². The summed E-state index contributed by atoms with van der Waals surface area (Å²) < 4.78 is 26.4. The summed E-state index contributed by atoms with van der Waals surface area (Å²) in [6.45, 7) is 6.83. The number of nitrogens with zero attached hydrogens (tertiary/aromatic N) is 1. The topological polar surface area (TPSA) is 64.8 Å². The monoisotopic (exact) mass is 259 g/mol. The summed E-state index contributed by atoms with van der Waals surface area (Å²) in [6, 6.07) is 3.36. The van der Waals surface area contributed by atoms with Crippen molar-refractivity contribution >= 4 is 31.4 Å². The molecule has 0 spiro atoms. The summed E-state index contributed by atoms with van der Waals surface area (Å²) in [7, 11) is 2.37. The summed E-state index contributed by atoms with van der Waals surface area (Å²) >= 11 is 0. The van der Waals surface area contributed by atoms with E-state index in [0.717, 1.165) is 12.1 Å². The maximum absolute atomic E-state index is 11.2. The van der Waals surface area contributed by atoms with Gasteiger partial charge in [0.2, 0.25) is 5.69 Å². The number of benzene rings is 1. The van der Waals surface area contributed by atoms with Gasteiger partial charge < -0.3 is 4.74 Å². The van der Waals surface area contributed by atoms with Gasteiger partial charge >= 0.3 is 5.97 Å². The molecule has 0 amide bonds. The average Bonchev–Trinajstić information content (AvgIpc) is 2.26. The average molecular weight is 260 g/mol. The summed E-state index contributed by atoms with van der Waals surface area (Å²) in [5, 5.41) is 0. The number of methoxy groups -OCH3 is 1. The van der Waals surface area contributed by atoms with Crippen LogP contribution in [0.3, 0.4) is 0 Å². The number of carbonyl (C=O) groups excluding carboxylic acids is 1. The summed E-state index contributed by atoms with van der Waals surface area (Å²) in [6.07, 6.45) is 0. The number of ether oxygens (including phenoxy) is 1. The highest BCUT2D eigenvalue weighted by molar-refractivity contribution is 8.13. The predicted octanol–water partition coefficient (Wildman–Crippen LogP) is 1.95. The Labute approximate surface area is 96.8 Å². The van der Waals surface area contributed by atoms with Crippen LogP contribution < -0.4 is 0 Å². The number of halogens is 1. The first-order chi connectivity index (χ1) is 7.40. The number of hydrogen-bond acceptors (Lipinski definition) is 4. The highest BCUT2D eigenvalue weighted by atomic mass is 35.7. The van der Waals surface area contributed by atoms with Crippen LogP contribution in [0.5, 0.6) is 0 Å². The number of carbonyl (C=O) groups is 1. The molecule has 1 aromatic carbocycles. The predicted molar refractivity (Wildman–Crippen MR) is 57.1 cm³/mol. The van der Waals surface area contributed by atoms with Crippen molar-refractivity contribution in [2.45, 2.75) is 4.90 Å². The van der Waals surface area contributed by atoms with Crippen molar-refractivity contribution in [3.8, 4) is 0 Å². The zero-order valence-corrected chi connectivity index (χ0v) is 9.67. The molecule has 0 heterocycles. The molecule has 0 aliphatic rings. The third kappa shape index (κ3) is 2.51. The summed E-state index contributed by atoms with van der Waals surface area (Å²) in [5.41, 5.74) is -0.116. The maximum Gasteiger partial charge on any atom is 0.327 e. The molecule has 0 unspecified atom stereocenters. The van der Waals surface area contributed by atoms with E-state index in [1.807, 2.05) is 0 Å². The fourth-order valence-electron chi connectivity index (χ4n) is 1.04. The Morgan fingerprint density at radius 2 is 2.12 bits per heavy atom. The lowest BCUT2D eigenvalue weighted by molar-refractivity contribution is 0.0602. The summed E-state index contributed by atoms with van der Waals surface area (Å²) in [5.74, 6) is -0.704. The second-order valence-electron chi connectivity index (χ2n) is 2.72. The minimum Gasteiger partial charge on any atom is -0.466 e. The molecule has 84 valence electrons. The first-order valence-corrected chi connectivity index (χ1v) is 6.25.